The molecule has 1 fully saturated rings. The molecule has 4 heteroatoms. The number of fused-ring (bicyclic) bond motifs is 1. The topological polar surface area (TPSA) is 32.7 Å². The lowest BCUT2D eigenvalue weighted by molar-refractivity contribution is 0.203. The molecule has 0 spiro atoms. The molecule has 0 N–H and O–H groups in total. The minimum absolute atomic E-state index is 0.0509. The SMILES string of the molecule is CCCN=C1C=C2CCN(S(=O)c3ccccc3)CC2(Cc2ccccc2)CC1. The Bertz CT molecular complexity index is 907. The van der Waals surface area contributed by atoms with Gasteiger partial charge in [-0.2, -0.15) is 0 Å². The maximum absolute atomic E-state index is 13.3. The molecule has 3 nitrogen and oxygen atoms in total. The molecule has 2 unspecified atom stereocenters. The molecule has 152 valence electrons. The van der Waals surface area contributed by atoms with Crippen LogP contribution < -0.4 is 0 Å². The first kappa shape index (κ1) is 20.2. The van der Waals surface area contributed by atoms with E-state index < -0.39 is 11.0 Å². The third-order valence-corrected chi connectivity index (χ3v) is 7.55. The zero-order valence-electron chi connectivity index (χ0n) is 17.2. The van der Waals surface area contributed by atoms with E-state index in [2.05, 4.69) is 47.6 Å². The molecule has 1 saturated heterocycles. The largest absolute Gasteiger partial charge is 0.290 e. The van der Waals surface area contributed by atoms with Crippen molar-refractivity contribution in [3.05, 3.63) is 77.9 Å². The van der Waals surface area contributed by atoms with E-state index in [0.717, 1.165) is 56.6 Å². The Morgan fingerprint density at radius 3 is 2.48 bits per heavy atom. The van der Waals surface area contributed by atoms with Crippen molar-refractivity contribution in [2.24, 2.45) is 10.4 Å². The Kier molecular flexibility index (Phi) is 6.41. The van der Waals surface area contributed by atoms with E-state index in [1.807, 2.05) is 30.3 Å². The van der Waals surface area contributed by atoms with Gasteiger partial charge >= 0.3 is 0 Å². The summed E-state index contributed by atoms with van der Waals surface area (Å²) >= 11 is 0. The number of rotatable bonds is 6. The molecule has 1 aliphatic carbocycles. The Labute approximate surface area is 177 Å². The zero-order valence-corrected chi connectivity index (χ0v) is 18.0. The maximum atomic E-state index is 13.3. The highest BCUT2D eigenvalue weighted by atomic mass is 32.2. The van der Waals surface area contributed by atoms with Gasteiger partial charge in [0.1, 0.15) is 11.0 Å². The summed E-state index contributed by atoms with van der Waals surface area (Å²) in [6.45, 7) is 4.77. The molecule has 0 bridgehead atoms. The number of hydrogen-bond acceptors (Lipinski definition) is 2. The first-order chi connectivity index (χ1) is 14.2. The van der Waals surface area contributed by atoms with E-state index in [0.29, 0.717) is 0 Å². The minimum atomic E-state index is -1.11. The molecule has 1 heterocycles. The predicted octanol–water partition coefficient (Wildman–Crippen LogP) is 5.22. The first-order valence-corrected chi connectivity index (χ1v) is 11.8. The highest BCUT2D eigenvalue weighted by molar-refractivity contribution is 7.82. The fourth-order valence-electron chi connectivity index (χ4n) is 4.59. The predicted molar refractivity (Wildman–Crippen MR) is 122 cm³/mol. The molecule has 4 rings (SSSR count). The molecule has 2 atom stereocenters. The van der Waals surface area contributed by atoms with Crippen LogP contribution in [0.25, 0.3) is 0 Å². The zero-order chi connectivity index (χ0) is 20.1. The van der Waals surface area contributed by atoms with E-state index in [4.69, 9.17) is 4.99 Å². The van der Waals surface area contributed by atoms with Crippen molar-refractivity contribution in [3.8, 4) is 0 Å². The summed E-state index contributed by atoms with van der Waals surface area (Å²) in [5.74, 6) is 0. The number of benzene rings is 2. The lowest BCUT2D eigenvalue weighted by Crippen LogP contribution is -2.48. The van der Waals surface area contributed by atoms with Crippen LogP contribution in [0.5, 0.6) is 0 Å². The fourth-order valence-corrected chi connectivity index (χ4v) is 5.90. The van der Waals surface area contributed by atoms with Crippen molar-refractivity contribution in [1.29, 1.82) is 0 Å². The normalized spacial score (nSPS) is 24.7. The van der Waals surface area contributed by atoms with Gasteiger partial charge in [0, 0.05) is 30.8 Å². The second kappa shape index (κ2) is 9.19. The minimum Gasteiger partial charge on any atom is -0.290 e. The van der Waals surface area contributed by atoms with Crippen molar-refractivity contribution in [2.45, 2.75) is 43.9 Å². The van der Waals surface area contributed by atoms with Crippen LogP contribution in [0.3, 0.4) is 0 Å². The monoisotopic (exact) mass is 406 g/mol. The van der Waals surface area contributed by atoms with Crippen LogP contribution >= 0.6 is 0 Å². The molecule has 29 heavy (non-hydrogen) atoms. The van der Waals surface area contributed by atoms with Crippen molar-refractivity contribution < 1.29 is 4.21 Å². The van der Waals surface area contributed by atoms with Gasteiger partial charge in [0.15, 0.2) is 0 Å². The lowest BCUT2D eigenvalue weighted by atomic mass is 9.66. The van der Waals surface area contributed by atoms with Gasteiger partial charge < -0.3 is 0 Å². The number of nitrogens with zero attached hydrogens (tertiary/aromatic N) is 2. The van der Waals surface area contributed by atoms with E-state index in [9.17, 15) is 4.21 Å². The number of hydrogen-bond donors (Lipinski definition) is 0. The molecule has 0 radical (unpaired) electrons. The average molecular weight is 407 g/mol. The summed E-state index contributed by atoms with van der Waals surface area (Å²) in [6.07, 6.45) is 7.53. The van der Waals surface area contributed by atoms with Gasteiger partial charge in [-0.05, 0) is 55.9 Å². The molecule has 0 aromatic heterocycles. The van der Waals surface area contributed by atoms with Crippen molar-refractivity contribution >= 4 is 16.7 Å². The third-order valence-electron chi connectivity index (χ3n) is 6.09. The highest BCUT2D eigenvalue weighted by Crippen LogP contribution is 2.45. The fraction of sp³-hybridized carbons (Fsp3) is 0.400. The van der Waals surface area contributed by atoms with Crippen molar-refractivity contribution in [2.75, 3.05) is 19.6 Å². The van der Waals surface area contributed by atoms with Crippen LogP contribution in [0.1, 0.15) is 38.2 Å². The van der Waals surface area contributed by atoms with Crippen LogP contribution in [-0.2, 0) is 17.4 Å². The van der Waals surface area contributed by atoms with Gasteiger partial charge in [-0.25, -0.2) is 8.51 Å². The first-order valence-electron chi connectivity index (χ1n) is 10.7. The molecule has 2 aromatic carbocycles. The highest BCUT2D eigenvalue weighted by Gasteiger charge is 2.43. The number of piperidine rings is 1. The molecule has 2 aliphatic rings. The van der Waals surface area contributed by atoms with E-state index >= 15 is 0 Å². The van der Waals surface area contributed by atoms with E-state index in [1.165, 1.54) is 16.8 Å². The standard InChI is InChI=1S/C25H30N2OS/c1-2-16-26-23-13-15-25(19-21-9-5-3-6-10-21)20-27(17-14-22(25)18-23)29(28)24-11-7-4-8-12-24/h3-12,18H,2,13-17,19-20H2,1H3. The summed E-state index contributed by atoms with van der Waals surface area (Å²) in [7, 11) is -1.11. The Morgan fingerprint density at radius 2 is 1.76 bits per heavy atom. The van der Waals surface area contributed by atoms with Crippen molar-refractivity contribution in [1.82, 2.24) is 4.31 Å². The Morgan fingerprint density at radius 1 is 1.03 bits per heavy atom. The number of allylic oxidation sites excluding steroid dienone is 1. The molecular formula is C25H30N2OS. The number of aliphatic imine (C=N–C) groups is 1. The molecule has 0 saturated carbocycles. The second-order valence-electron chi connectivity index (χ2n) is 8.16. The van der Waals surface area contributed by atoms with Gasteiger partial charge in [0.2, 0.25) is 0 Å². The summed E-state index contributed by atoms with van der Waals surface area (Å²) < 4.78 is 15.5. The van der Waals surface area contributed by atoms with Crippen LogP contribution in [0.15, 0.2) is 82.2 Å². The lowest BCUT2D eigenvalue weighted by Gasteiger charge is -2.46. The van der Waals surface area contributed by atoms with Gasteiger partial charge in [0.25, 0.3) is 0 Å². The van der Waals surface area contributed by atoms with Gasteiger partial charge in [-0.3, -0.25) is 4.99 Å². The Hall–Kier alpha value is -2.04. The second-order valence-corrected chi connectivity index (χ2v) is 9.65. The van der Waals surface area contributed by atoms with Crippen LogP contribution in [0.2, 0.25) is 0 Å². The molecule has 2 aromatic rings. The smallest absolute Gasteiger partial charge is 0.127 e. The van der Waals surface area contributed by atoms with Gasteiger partial charge in [0.05, 0.1) is 4.90 Å². The maximum Gasteiger partial charge on any atom is 0.127 e. The van der Waals surface area contributed by atoms with Gasteiger partial charge in [-0.1, -0.05) is 61.0 Å². The van der Waals surface area contributed by atoms with E-state index in [1.54, 1.807) is 0 Å². The summed E-state index contributed by atoms with van der Waals surface area (Å²) in [5, 5.41) is 0. The van der Waals surface area contributed by atoms with Gasteiger partial charge in [-0.15, -0.1) is 0 Å². The molecular weight excluding hydrogens is 376 g/mol. The summed E-state index contributed by atoms with van der Waals surface area (Å²) in [6, 6.07) is 20.6. The van der Waals surface area contributed by atoms with Crippen LogP contribution in [-0.4, -0.2) is 33.9 Å². The van der Waals surface area contributed by atoms with E-state index in [-0.39, 0.29) is 5.41 Å². The van der Waals surface area contributed by atoms with Crippen molar-refractivity contribution in [3.63, 3.8) is 0 Å². The molecule has 0 amide bonds. The third kappa shape index (κ3) is 4.59. The quantitative estimate of drug-likeness (QED) is 0.648. The Balaban J connectivity index is 1.64. The molecule has 1 aliphatic heterocycles. The van der Waals surface area contributed by atoms with Crippen LogP contribution in [0, 0.1) is 5.41 Å². The van der Waals surface area contributed by atoms with Crippen LogP contribution in [0.4, 0.5) is 0 Å². The average Bonchev–Trinajstić information content (AvgIpc) is 2.78. The summed E-state index contributed by atoms with van der Waals surface area (Å²) in [5.41, 5.74) is 4.17. The summed E-state index contributed by atoms with van der Waals surface area (Å²) in [4.78, 5) is 5.70.